The number of hydrogen-bond donors (Lipinski definition) is 7. The highest BCUT2D eigenvalue weighted by Crippen LogP contribution is 2.56. The van der Waals surface area contributed by atoms with Crippen LogP contribution in [0.5, 0.6) is 5.75 Å². The average Bonchev–Trinajstić information content (AvgIpc) is 3.40. The first-order valence-corrected chi connectivity index (χ1v) is 14.1. The molecule has 1 aromatic heterocycles. The lowest BCUT2D eigenvalue weighted by molar-refractivity contribution is -0.162. The first kappa shape index (κ1) is 30.2. The fraction of sp³-hybridized carbons (Fsp3) is 0.393. The highest BCUT2D eigenvalue weighted by molar-refractivity contribution is 7.14. The van der Waals surface area contributed by atoms with Crippen molar-refractivity contribution in [3.05, 3.63) is 57.0 Å². The van der Waals surface area contributed by atoms with Gasteiger partial charge < -0.3 is 41.3 Å². The number of esters is 1. The number of likely N-dealkylation sites (N-methyl/N-ethyl adjacent to an activating group) is 1. The number of aliphatic hydroxyl groups is 4. The molecule has 0 fully saturated rings. The van der Waals surface area contributed by atoms with Crippen molar-refractivity contribution in [2.45, 2.75) is 37.5 Å². The van der Waals surface area contributed by atoms with Crippen molar-refractivity contribution in [2.24, 2.45) is 17.6 Å². The number of nitrogens with one attached hydrogen (secondary N) is 1. The number of aromatic nitrogens is 1. The van der Waals surface area contributed by atoms with Crippen LogP contribution in [0.4, 0.5) is 10.8 Å². The summed E-state index contributed by atoms with van der Waals surface area (Å²) in [5.41, 5.74) is 0.980. The summed E-state index contributed by atoms with van der Waals surface area (Å²) in [5.74, 6) is -10.4. The molecule has 3 aliphatic carbocycles. The minimum Gasteiger partial charge on any atom is -0.510 e. The Bertz CT molecular complexity index is 1650. The zero-order valence-electron chi connectivity index (χ0n) is 23.5. The van der Waals surface area contributed by atoms with E-state index in [-0.39, 0.29) is 28.7 Å². The van der Waals surface area contributed by atoms with Gasteiger partial charge in [0.15, 0.2) is 28.0 Å². The predicted molar refractivity (Wildman–Crippen MR) is 151 cm³/mol. The normalized spacial score (nSPS) is 28.4. The van der Waals surface area contributed by atoms with Gasteiger partial charge in [-0.05, 0) is 38.6 Å². The number of carbonyl (C=O) groups excluding carboxylic acids is 4. The van der Waals surface area contributed by atoms with Gasteiger partial charge in [-0.15, -0.1) is 11.3 Å². The summed E-state index contributed by atoms with van der Waals surface area (Å²) in [6.45, 7) is 3.44. The Morgan fingerprint density at radius 3 is 2.49 bits per heavy atom. The molecule has 43 heavy (non-hydrogen) atoms. The number of phenols is 1. The van der Waals surface area contributed by atoms with E-state index < -0.39 is 87.4 Å². The summed E-state index contributed by atoms with van der Waals surface area (Å²) in [4.78, 5) is 57.1. The Balaban J connectivity index is 1.63. The predicted octanol–water partition coefficient (Wildman–Crippen LogP) is 1.03. The highest BCUT2D eigenvalue weighted by atomic mass is 32.1. The molecule has 0 unspecified atom stereocenters. The zero-order valence-corrected chi connectivity index (χ0v) is 24.3. The maximum absolute atomic E-state index is 14.0. The first-order chi connectivity index (χ1) is 20.2. The fourth-order valence-corrected chi connectivity index (χ4v) is 7.16. The van der Waals surface area contributed by atoms with Crippen LogP contribution in [0.1, 0.15) is 46.2 Å². The van der Waals surface area contributed by atoms with E-state index in [1.54, 1.807) is 19.9 Å². The van der Waals surface area contributed by atoms with E-state index in [2.05, 4.69) is 10.3 Å². The minimum atomic E-state index is -3.00. The van der Waals surface area contributed by atoms with Gasteiger partial charge in [0.2, 0.25) is 5.78 Å². The third-order valence-electron chi connectivity index (χ3n) is 8.36. The first-order valence-electron chi connectivity index (χ1n) is 13.3. The van der Waals surface area contributed by atoms with Crippen LogP contribution in [-0.2, 0) is 14.3 Å². The van der Waals surface area contributed by atoms with Crippen LogP contribution in [0.2, 0.25) is 0 Å². The molecule has 0 bridgehead atoms. The summed E-state index contributed by atoms with van der Waals surface area (Å²) in [5, 5.41) is 61.6. The van der Waals surface area contributed by atoms with Crippen molar-refractivity contribution < 1.29 is 49.4 Å². The number of phenolic OH excluding ortho intramolecular Hbond substituents is 1. The topological polar surface area (TPSA) is 233 Å². The second-order valence-corrected chi connectivity index (χ2v) is 11.7. The van der Waals surface area contributed by atoms with Crippen LogP contribution >= 0.6 is 11.3 Å². The number of nitrogens with zero attached hydrogens (tertiary/aromatic N) is 2. The third kappa shape index (κ3) is 4.22. The molecule has 0 aliphatic heterocycles. The molecular weight excluding hydrogens is 584 g/mol. The van der Waals surface area contributed by atoms with E-state index in [9.17, 15) is 44.7 Å². The van der Waals surface area contributed by atoms with Gasteiger partial charge >= 0.3 is 5.97 Å². The van der Waals surface area contributed by atoms with Crippen molar-refractivity contribution in [2.75, 3.05) is 26.0 Å². The van der Waals surface area contributed by atoms with E-state index in [0.29, 0.717) is 5.56 Å². The van der Waals surface area contributed by atoms with Crippen molar-refractivity contribution in [1.29, 1.82) is 0 Å². The molecule has 8 N–H and O–H groups in total. The molecule has 14 nitrogen and oxygen atoms in total. The van der Waals surface area contributed by atoms with Gasteiger partial charge in [0, 0.05) is 16.9 Å². The van der Waals surface area contributed by atoms with E-state index >= 15 is 0 Å². The number of ether oxygens (including phenoxy) is 1. The van der Waals surface area contributed by atoms with E-state index in [0.717, 1.165) is 11.3 Å². The van der Waals surface area contributed by atoms with Crippen LogP contribution in [0, 0.1) is 11.8 Å². The van der Waals surface area contributed by atoms with Gasteiger partial charge in [0.1, 0.15) is 17.1 Å². The molecule has 1 aromatic carbocycles. The summed E-state index contributed by atoms with van der Waals surface area (Å²) < 4.78 is 4.93. The van der Waals surface area contributed by atoms with Crippen molar-refractivity contribution in [1.82, 2.24) is 9.88 Å². The van der Waals surface area contributed by atoms with Crippen LogP contribution in [-0.4, -0.2) is 97.3 Å². The zero-order chi connectivity index (χ0) is 31.7. The highest BCUT2D eigenvalue weighted by Gasteiger charge is 2.67. The van der Waals surface area contributed by atoms with Crippen LogP contribution < -0.4 is 11.1 Å². The summed E-state index contributed by atoms with van der Waals surface area (Å²) in [7, 11) is 2.93. The Hall–Kier alpha value is -4.31. The maximum atomic E-state index is 14.0. The number of amides is 1. The lowest BCUT2D eigenvalue weighted by atomic mass is 9.55. The number of aromatic hydroxyl groups is 1. The van der Waals surface area contributed by atoms with Crippen molar-refractivity contribution in [3.63, 3.8) is 0 Å². The second-order valence-electron chi connectivity index (χ2n) is 10.9. The number of rotatable bonds is 6. The second kappa shape index (κ2) is 10.4. The molecular formula is C28H30N4O10S. The van der Waals surface area contributed by atoms with Gasteiger partial charge in [0.05, 0.1) is 35.9 Å². The largest absolute Gasteiger partial charge is 0.510 e. The monoisotopic (exact) mass is 614 g/mol. The van der Waals surface area contributed by atoms with E-state index in [1.807, 2.05) is 0 Å². The van der Waals surface area contributed by atoms with Gasteiger partial charge in [0.25, 0.3) is 5.91 Å². The Labute approximate surface area is 248 Å². The van der Waals surface area contributed by atoms with Gasteiger partial charge in [-0.25, -0.2) is 9.78 Å². The molecule has 3 aliphatic rings. The SMILES string of the molecule is CCOC(=O)c1csc(Nc2ccc3c(c2O)C(=O)C2=C(O)[C@@]4(O)C(=O)C(C(N)=O)=C(O)[C@H](N(C)C)[C@@H]4[C@@H](O)[C@@H]2[C@H]3C)n1. The molecule has 228 valence electrons. The van der Waals surface area contributed by atoms with E-state index in [4.69, 9.17) is 10.5 Å². The lowest BCUT2D eigenvalue weighted by Crippen LogP contribution is -2.68. The number of benzene rings is 1. The van der Waals surface area contributed by atoms with Crippen LogP contribution in [0.25, 0.3) is 0 Å². The van der Waals surface area contributed by atoms with Gasteiger partial charge in [-0.3, -0.25) is 19.3 Å². The molecule has 2 aromatic rings. The molecule has 1 amide bonds. The number of aliphatic hydroxyl groups excluding tert-OH is 3. The molecule has 0 saturated heterocycles. The number of ketones is 2. The fourth-order valence-electron chi connectivity index (χ4n) is 6.47. The van der Waals surface area contributed by atoms with Crippen LogP contribution in [0.3, 0.4) is 0 Å². The number of primary amides is 1. The van der Waals surface area contributed by atoms with E-state index in [1.165, 1.54) is 30.4 Å². The molecule has 6 atom stereocenters. The van der Waals surface area contributed by atoms with Crippen molar-refractivity contribution in [3.8, 4) is 5.75 Å². The summed E-state index contributed by atoms with van der Waals surface area (Å²) in [6, 6.07) is 1.67. The molecule has 0 spiro atoms. The quantitative estimate of drug-likeness (QED) is 0.137. The Kier molecular flexibility index (Phi) is 7.33. The third-order valence-corrected chi connectivity index (χ3v) is 9.12. The average molecular weight is 615 g/mol. The smallest absolute Gasteiger partial charge is 0.357 e. The van der Waals surface area contributed by atoms with Crippen LogP contribution in [0.15, 0.2) is 40.2 Å². The lowest BCUT2D eigenvalue weighted by Gasteiger charge is -2.53. The number of nitrogens with two attached hydrogens (primary N) is 1. The summed E-state index contributed by atoms with van der Waals surface area (Å²) >= 11 is 1.04. The van der Waals surface area contributed by atoms with Crippen molar-refractivity contribution >= 4 is 45.6 Å². The minimum absolute atomic E-state index is 0.0285. The number of carbonyl (C=O) groups is 4. The van der Waals surface area contributed by atoms with Gasteiger partial charge in [-0.2, -0.15) is 0 Å². The number of anilines is 2. The molecule has 0 saturated carbocycles. The van der Waals surface area contributed by atoms with Gasteiger partial charge in [-0.1, -0.05) is 13.0 Å². The standard InChI is InChI=1S/C28H30N4O10S/c1-5-42-26(40)12-8-43-27(31-12)30-11-7-6-10-9(2)13-15(20(34)14(10)19(11)33)23(37)28(41)17(21(13)35)18(32(3)4)22(36)16(24(28)38)25(29)39/h6-9,13,17-18,21,33,35-37,41H,5H2,1-4H3,(H2,29,39)(H,30,31)/t9-,13+,17+,18+,21-,28+/m0/s1. The summed E-state index contributed by atoms with van der Waals surface area (Å²) in [6.07, 6.45) is -1.69. The maximum Gasteiger partial charge on any atom is 0.357 e. The number of fused-ring (bicyclic) bond motifs is 3. The Morgan fingerprint density at radius 2 is 1.88 bits per heavy atom. The molecule has 5 rings (SSSR count). The number of Topliss-reactive ketones (excluding diaryl/α,β-unsaturated/α-hetero) is 2. The molecule has 1 heterocycles. The number of hydrogen-bond acceptors (Lipinski definition) is 14. The Morgan fingerprint density at radius 1 is 1.21 bits per heavy atom. The molecule has 0 radical (unpaired) electrons. The number of thiazole rings is 1. The molecule has 15 heteroatoms.